The molecule has 1 N–H and O–H groups in total. The van der Waals surface area contributed by atoms with Crippen molar-refractivity contribution < 1.29 is 9.47 Å². The van der Waals surface area contributed by atoms with Crippen LogP contribution in [-0.4, -0.2) is 13.7 Å². The first kappa shape index (κ1) is 18.8. The number of unbranched alkanes of at least 4 members (excludes halogenated alkanes) is 4. The lowest BCUT2D eigenvalue weighted by atomic mass is 10.1. The molecule has 0 aliphatic rings. The molecule has 3 nitrogen and oxygen atoms in total. The highest BCUT2D eigenvalue weighted by molar-refractivity contribution is 7.09. The van der Waals surface area contributed by atoms with Crippen LogP contribution in [0.1, 0.15) is 49.5 Å². The van der Waals surface area contributed by atoms with E-state index in [1.807, 2.05) is 6.07 Å². The first-order valence-corrected chi connectivity index (χ1v) is 9.74. The number of ether oxygens (including phenoxy) is 2. The molecule has 0 spiro atoms. The van der Waals surface area contributed by atoms with Crippen molar-refractivity contribution in [2.45, 2.75) is 52.1 Å². The topological polar surface area (TPSA) is 30.5 Å². The third-order valence-corrected chi connectivity index (χ3v) is 4.82. The van der Waals surface area contributed by atoms with Crippen LogP contribution in [0.3, 0.4) is 0 Å². The van der Waals surface area contributed by atoms with Crippen LogP contribution in [0.15, 0.2) is 35.7 Å². The molecule has 2 rings (SSSR count). The number of hydrogen-bond acceptors (Lipinski definition) is 4. The zero-order valence-electron chi connectivity index (χ0n) is 14.8. The number of rotatable bonds is 12. The van der Waals surface area contributed by atoms with Crippen molar-refractivity contribution in [2.75, 3.05) is 13.7 Å². The molecule has 24 heavy (non-hydrogen) atoms. The largest absolute Gasteiger partial charge is 0.493 e. The molecule has 0 saturated heterocycles. The molecule has 0 aliphatic heterocycles. The first-order valence-electron chi connectivity index (χ1n) is 8.86. The van der Waals surface area contributed by atoms with Crippen LogP contribution in [0, 0.1) is 0 Å². The maximum Gasteiger partial charge on any atom is 0.161 e. The molecule has 4 heteroatoms. The van der Waals surface area contributed by atoms with Crippen LogP contribution < -0.4 is 14.8 Å². The van der Waals surface area contributed by atoms with Gasteiger partial charge in [-0.15, -0.1) is 11.3 Å². The standard InChI is InChI=1S/C20H29NO2S/c1-3-4-5-6-7-12-23-19-11-10-17(14-20(19)22-2)15-21-16-18-9-8-13-24-18/h8-11,13-14,21H,3-7,12,15-16H2,1-2H3. The minimum atomic E-state index is 0.760. The van der Waals surface area contributed by atoms with Crippen molar-refractivity contribution in [1.29, 1.82) is 0 Å². The highest BCUT2D eigenvalue weighted by atomic mass is 32.1. The van der Waals surface area contributed by atoms with Gasteiger partial charge in [-0.2, -0.15) is 0 Å². The second-order valence-electron chi connectivity index (χ2n) is 5.93. The summed E-state index contributed by atoms with van der Waals surface area (Å²) in [5.74, 6) is 1.66. The summed E-state index contributed by atoms with van der Waals surface area (Å²) >= 11 is 1.78. The van der Waals surface area contributed by atoms with Crippen LogP contribution in [-0.2, 0) is 13.1 Å². The van der Waals surface area contributed by atoms with Gasteiger partial charge in [-0.1, -0.05) is 44.7 Å². The molecular formula is C20H29NO2S. The molecule has 1 aromatic heterocycles. The summed E-state index contributed by atoms with van der Waals surface area (Å²) in [4.78, 5) is 1.35. The Labute approximate surface area is 150 Å². The van der Waals surface area contributed by atoms with E-state index < -0.39 is 0 Å². The van der Waals surface area contributed by atoms with E-state index in [-0.39, 0.29) is 0 Å². The minimum absolute atomic E-state index is 0.760. The van der Waals surface area contributed by atoms with E-state index in [2.05, 4.69) is 41.9 Å². The number of nitrogens with one attached hydrogen (secondary N) is 1. The number of hydrogen-bond donors (Lipinski definition) is 1. The zero-order chi connectivity index (χ0) is 17.0. The van der Waals surface area contributed by atoms with Gasteiger partial charge in [0.05, 0.1) is 13.7 Å². The third-order valence-electron chi connectivity index (χ3n) is 3.94. The van der Waals surface area contributed by atoms with Crippen molar-refractivity contribution in [3.63, 3.8) is 0 Å². The Hall–Kier alpha value is -1.52. The van der Waals surface area contributed by atoms with E-state index in [0.717, 1.165) is 37.6 Å². The van der Waals surface area contributed by atoms with Gasteiger partial charge >= 0.3 is 0 Å². The van der Waals surface area contributed by atoms with Gasteiger partial charge in [-0.3, -0.25) is 0 Å². The molecule has 0 unspecified atom stereocenters. The zero-order valence-corrected chi connectivity index (χ0v) is 15.7. The fourth-order valence-electron chi connectivity index (χ4n) is 2.57. The third kappa shape index (κ3) is 6.54. The van der Waals surface area contributed by atoms with E-state index in [1.54, 1.807) is 18.4 Å². The highest BCUT2D eigenvalue weighted by Gasteiger charge is 2.06. The normalized spacial score (nSPS) is 10.8. The van der Waals surface area contributed by atoms with Crippen LogP contribution in [0.4, 0.5) is 0 Å². The van der Waals surface area contributed by atoms with Crippen molar-refractivity contribution >= 4 is 11.3 Å². The molecule has 1 aromatic carbocycles. The lowest BCUT2D eigenvalue weighted by Crippen LogP contribution is -2.11. The summed E-state index contributed by atoms with van der Waals surface area (Å²) in [6.45, 7) is 4.72. The van der Waals surface area contributed by atoms with Gasteiger partial charge in [-0.25, -0.2) is 0 Å². The fraction of sp³-hybridized carbons (Fsp3) is 0.500. The summed E-state index contributed by atoms with van der Waals surface area (Å²) < 4.78 is 11.4. The van der Waals surface area contributed by atoms with Gasteiger partial charge in [0.25, 0.3) is 0 Å². The maximum atomic E-state index is 5.88. The Bertz CT molecular complexity index is 569. The SMILES string of the molecule is CCCCCCCOc1ccc(CNCc2cccs2)cc1OC. The summed E-state index contributed by atoms with van der Waals surface area (Å²) in [6, 6.07) is 10.4. The van der Waals surface area contributed by atoms with E-state index in [4.69, 9.17) is 9.47 Å². The Kier molecular flexibility index (Phi) is 8.71. The van der Waals surface area contributed by atoms with E-state index in [1.165, 1.54) is 36.1 Å². The van der Waals surface area contributed by atoms with Gasteiger partial charge in [-0.05, 0) is 35.6 Å². The van der Waals surface area contributed by atoms with E-state index in [9.17, 15) is 0 Å². The van der Waals surface area contributed by atoms with Gasteiger partial charge < -0.3 is 14.8 Å². The van der Waals surface area contributed by atoms with Crippen LogP contribution in [0.5, 0.6) is 11.5 Å². The molecule has 2 aromatic rings. The number of benzene rings is 1. The van der Waals surface area contributed by atoms with Gasteiger partial charge in [0.15, 0.2) is 11.5 Å². The molecule has 0 fully saturated rings. The van der Waals surface area contributed by atoms with Crippen molar-refractivity contribution in [3.8, 4) is 11.5 Å². The second-order valence-corrected chi connectivity index (χ2v) is 6.96. The average Bonchev–Trinajstić information content (AvgIpc) is 3.12. The molecule has 0 saturated carbocycles. The quantitative estimate of drug-likeness (QED) is 0.522. The lowest BCUT2D eigenvalue weighted by molar-refractivity contribution is 0.284. The first-order chi connectivity index (χ1) is 11.8. The maximum absolute atomic E-state index is 5.88. The Morgan fingerprint density at radius 2 is 1.88 bits per heavy atom. The number of thiophene rings is 1. The Morgan fingerprint density at radius 3 is 2.62 bits per heavy atom. The molecule has 0 aliphatic carbocycles. The minimum Gasteiger partial charge on any atom is -0.493 e. The predicted molar refractivity (Wildman–Crippen MR) is 102 cm³/mol. The summed E-state index contributed by atoms with van der Waals surface area (Å²) in [7, 11) is 1.70. The van der Waals surface area contributed by atoms with Crippen LogP contribution >= 0.6 is 11.3 Å². The number of methoxy groups -OCH3 is 1. The summed E-state index contributed by atoms with van der Waals surface area (Å²) in [5.41, 5.74) is 1.21. The molecule has 0 radical (unpaired) electrons. The smallest absolute Gasteiger partial charge is 0.161 e. The Morgan fingerprint density at radius 1 is 1.00 bits per heavy atom. The van der Waals surface area contributed by atoms with Crippen LogP contribution in [0.2, 0.25) is 0 Å². The average molecular weight is 348 g/mol. The monoisotopic (exact) mass is 347 g/mol. The van der Waals surface area contributed by atoms with Gasteiger partial charge in [0, 0.05) is 18.0 Å². The highest BCUT2D eigenvalue weighted by Crippen LogP contribution is 2.28. The van der Waals surface area contributed by atoms with Crippen molar-refractivity contribution in [3.05, 3.63) is 46.2 Å². The van der Waals surface area contributed by atoms with Crippen LogP contribution in [0.25, 0.3) is 0 Å². The molecular weight excluding hydrogens is 318 g/mol. The van der Waals surface area contributed by atoms with Crippen molar-refractivity contribution in [1.82, 2.24) is 5.32 Å². The lowest BCUT2D eigenvalue weighted by Gasteiger charge is -2.12. The predicted octanol–water partition coefficient (Wildman–Crippen LogP) is 5.40. The molecule has 0 atom stereocenters. The van der Waals surface area contributed by atoms with Crippen molar-refractivity contribution in [2.24, 2.45) is 0 Å². The fourth-order valence-corrected chi connectivity index (χ4v) is 3.25. The molecule has 132 valence electrons. The van der Waals surface area contributed by atoms with E-state index in [0.29, 0.717) is 0 Å². The van der Waals surface area contributed by atoms with Gasteiger partial charge in [0.2, 0.25) is 0 Å². The summed E-state index contributed by atoms with van der Waals surface area (Å²) in [5, 5.41) is 5.57. The van der Waals surface area contributed by atoms with E-state index >= 15 is 0 Å². The molecule has 1 heterocycles. The second kappa shape index (κ2) is 11.1. The summed E-state index contributed by atoms with van der Waals surface area (Å²) in [6.07, 6.45) is 6.23. The van der Waals surface area contributed by atoms with Gasteiger partial charge in [0.1, 0.15) is 0 Å². The molecule has 0 amide bonds. The molecule has 0 bridgehead atoms. The Balaban J connectivity index is 1.76.